The van der Waals surface area contributed by atoms with Crippen LogP contribution in [0.4, 0.5) is 0 Å². The van der Waals surface area contributed by atoms with E-state index in [1.165, 1.54) is 171 Å². The summed E-state index contributed by atoms with van der Waals surface area (Å²) in [5.41, 5.74) is 31.7. The van der Waals surface area contributed by atoms with E-state index in [1.54, 1.807) is 10.4 Å². The van der Waals surface area contributed by atoms with Crippen molar-refractivity contribution in [2.45, 2.75) is 97.6 Å². The second kappa shape index (κ2) is 23.5. The number of hydrogen-bond donors (Lipinski definition) is 0. The van der Waals surface area contributed by atoms with Crippen molar-refractivity contribution in [1.82, 2.24) is 0 Å². The molecule has 2 saturated heterocycles. The van der Waals surface area contributed by atoms with Gasteiger partial charge in [-0.3, -0.25) is 0 Å². The van der Waals surface area contributed by atoms with Crippen molar-refractivity contribution in [1.29, 1.82) is 0 Å². The molecule has 4 unspecified atom stereocenters. The Kier molecular flexibility index (Phi) is 14.5. The summed E-state index contributed by atoms with van der Waals surface area (Å²) in [7, 11) is -2.69. The third-order valence-corrected chi connectivity index (χ3v) is 33.7. The zero-order valence-corrected chi connectivity index (χ0v) is 59.5. The Balaban J connectivity index is 0.963. The van der Waals surface area contributed by atoms with Crippen LogP contribution >= 0.6 is 0 Å². The summed E-state index contributed by atoms with van der Waals surface area (Å²) in [4.78, 5) is 0. The molecule has 2 fully saturated rings. The van der Waals surface area contributed by atoms with Crippen LogP contribution in [0.2, 0.25) is 24.2 Å². The molecule has 4 nitrogen and oxygen atoms in total. The number of furan rings is 4. The molecule has 95 heavy (non-hydrogen) atoms. The van der Waals surface area contributed by atoms with Gasteiger partial charge in [-0.25, -0.2) is 0 Å². The number of allylic oxidation sites excluding steroid dienone is 6. The second-order valence-corrected chi connectivity index (χ2v) is 37.6. The van der Waals surface area contributed by atoms with E-state index >= 15 is 0 Å². The van der Waals surface area contributed by atoms with Crippen molar-refractivity contribution >= 4 is 73.6 Å². The van der Waals surface area contributed by atoms with E-state index in [0.29, 0.717) is 0 Å². The fourth-order valence-corrected chi connectivity index (χ4v) is 27.5. The van der Waals surface area contributed by atoms with E-state index in [-0.39, 0.29) is 19.1 Å². The van der Waals surface area contributed by atoms with Crippen molar-refractivity contribution in [2.24, 2.45) is 0 Å². The molecule has 0 radical (unpaired) electrons. The Morgan fingerprint density at radius 2 is 0.632 bits per heavy atom. The second-order valence-electron chi connectivity index (χ2n) is 27.6. The molecule has 4 aliphatic carbocycles. The maximum absolute atomic E-state index is 7.36. The first-order chi connectivity index (χ1) is 46.6. The summed E-state index contributed by atoms with van der Waals surface area (Å²) < 4.78 is 28.7. The van der Waals surface area contributed by atoms with Crippen LogP contribution in [0.1, 0.15) is 134 Å². The third kappa shape index (κ3) is 9.64. The van der Waals surface area contributed by atoms with Gasteiger partial charge in [0.05, 0.1) is 0 Å². The van der Waals surface area contributed by atoms with Crippen molar-refractivity contribution in [2.75, 3.05) is 0 Å². The molecule has 0 amide bonds. The average molecular weight is 1340 g/mol. The van der Waals surface area contributed by atoms with Gasteiger partial charge in [-0.05, 0) is 0 Å². The zero-order valence-electron chi connectivity index (χ0n) is 54.8. The van der Waals surface area contributed by atoms with E-state index in [4.69, 9.17) is 17.7 Å². The molecular weight excluding hydrogens is 1270 g/mol. The van der Waals surface area contributed by atoms with Crippen LogP contribution in [0.25, 0.3) is 90.1 Å². The Morgan fingerprint density at radius 1 is 0.305 bits per heavy atom. The molecule has 18 rings (SSSR count). The molecule has 2 aliphatic heterocycles. The predicted octanol–water partition coefficient (Wildman–Crippen LogP) is 21.6. The summed E-state index contributed by atoms with van der Waals surface area (Å²) in [5, 5.41) is 3.20. The van der Waals surface area contributed by atoms with Gasteiger partial charge >= 0.3 is 577 Å². The molecule has 0 spiro atoms. The minimum absolute atomic E-state index is 0.0337. The zero-order chi connectivity index (χ0) is 63.7. The molecule has 462 valence electrons. The fraction of sp³-hybridized carbons (Fsp3) is 0.182. The van der Waals surface area contributed by atoms with Crippen LogP contribution in [-0.4, -0.2) is 17.6 Å². The van der Waals surface area contributed by atoms with Gasteiger partial charge < -0.3 is 0 Å². The standard InChI is InChI=1S/2C44H37O2Si.Zr/c2*1-27-15-19-33-34(40(27)30-11-6-4-7-12-30)26-36(38-21-17-29(3)46-38)43(33)44-35(37-20-16-28(2)45-37)25-32-18-22-39(47-23-10-24-47)41(42(32)44)31-13-8-5-9-14-31;/h2*4-9,11-22,25-26,43,47H,10,23-24H2,1-3H3;. The number of hydrogen-bond acceptors (Lipinski definition) is 4. The summed E-state index contributed by atoms with van der Waals surface area (Å²) >= 11 is -1.99. The van der Waals surface area contributed by atoms with Crippen LogP contribution in [0.5, 0.6) is 0 Å². The van der Waals surface area contributed by atoms with Crippen molar-refractivity contribution in [3.63, 3.8) is 0 Å². The van der Waals surface area contributed by atoms with Gasteiger partial charge in [0.25, 0.3) is 0 Å². The van der Waals surface area contributed by atoms with E-state index in [1.807, 2.05) is 0 Å². The molecule has 0 saturated carbocycles. The fourth-order valence-electron chi connectivity index (χ4n) is 17.3. The maximum atomic E-state index is 7.36. The van der Waals surface area contributed by atoms with Gasteiger partial charge in [-0.1, -0.05) is 0 Å². The molecule has 8 aromatic carbocycles. The SMILES string of the molecule is Cc1ccc(C2=Cc3c(ccc(C)c3-c3ccccc3)C2C2=C(c3ccc(C)o3)[CH]([Zr][CH]3C(c4ccc(C)o4)=C(C4C(c5ccc(C)o5)=Cc5c4ccc(C)c5-c4ccccc4)c4c3ccc([SiH]3CCC3)c4-c3ccccc3)c3ccc([SiH]4CCC4)c(-c4ccccc4)c32)o1. The molecule has 4 aromatic heterocycles. The van der Waals surface area contributed by atoms with Crippen LogP contribution in [-0.2, 0) is 23.2 Å². The number of fused-ring (bicyclic) bond motifs is 4. The molecule has 0 N–H and O–H groups in total. The topological polar surface area (TPSA) is 52.6 Å². The number of rotatable bonds is 14. The summed E-state index contributed by atoms with van der Waals surface area (Å²) in [6.45, 7) is 13.0. The van der Waals surface area contributed by atoms with E-state index in [9.17, 15) is 0 Å². The first kappa shape index (κ1) is 58.7. The minimum atomic E-state index is -1.99. The van der Waals surface area contributed by atoms with E-state index in [0.717, 1.165) is 46.1 Å². The molecular formula is C88H74O4Si2Zr. The van der Waals surface area contributed by atoms with Gasteiger partial charge in [0.1, 0.15) is 0 Å². The first-order valence-electron chi connectivity index (χ1n) is 34.4. The summed E-state index contributed by atoms with van der Waals surface area (Å²) in [6, 6.07) is 88.6. The van der Waals surface area contributed by atoms with Crippen LogP contribution in [0, 0.1) is 41.5 Å². The summed E-state index contributed by atoms with van der Waals surface area (Å²) in [5.74, 6) is 7.08. The van der Waals surface area contributed by atoms with Gasteiger partial charge in [0.15, 0.2) is 0 Å². The van der Waals surface area contributed by atoms with Gasteiger partial charge in [0, 0.05) is 0 Å². The monoisotopic (exact) mass is 1340 g/mol. The van der Waals surface area contributed by atoms with Crippen LogP contribution in [0.15, 0.2) is 236 Å². The Hall–Kier alpha value is -8.84. The van der Waals surface area contributed by atoms with Crippen LogP contribution < -0.4 is 10.4 Å². The van der Waals surface area contributed by atoms with Gasteiger partial charge in [-0.15, -0.1) is 0 Å². The molecule has 6 aliphatic rings. The van der Waals surface area contributed by atoms with Gasteiger partial charge in [-0.2, -0.15) is 0 Å². The molecule has 7 heteroatoms. The Labute approximate surface area is 572 Å². The number of benzene rings is 8. The van der Waals surface area contributed by atoms with E-state index < -0.39 is 40.8 Å². The van der Waals surface area contributed by atoms with Crippen molar-refractivity contribution < 1.29 is 40.9 Å². The van der Waals surface area contributed by atoms with E-state index in [2.05, 4.69) is 272 Å². The summed E-state index contributed by atoms with van der Waals surface area (Å²) in [6.07, 6.45) is 7.62. The van der Waals surface area contributed by atoms with Crippen molar-refractivity contribution in [3.05, 3.63) is 320 Å². The predicted molar refractivity (Wildman–Crippen MR) is 393 cm³/mol. The molecule has 6 heterocycles. The Bertz CT molecular complexity index is 4870. The average Bonchev–Trinajstić information content (AvgIpc) is 1.55. The third-order valence-electron chi connectivity index (χ3n) is 22.0. The normalized spacial score (nSPS) is 18.8. The Morgan fingerprint density at radius 3 is 0.947 bits per heavy atom. The van der Waals surface area contributed by atoms with Crippen molar-refractivity contribution in [3.8, 4) is 44.5 Å². The van der Waals surface area contributed by atoms with Crippen LogP contribution in [0.3, 0.4) is 0 Å². The molecule has 4 atom stereocenters. The van der Waals surface area contributed by atoms with Gasteiger partial charge in [0.2, 0.25) is 0 Å². The quantitative estimate of drug-likeness (QED) is 0.102. The molecule has 0 bridgehead atoms. The first-order valence-corrected chi connectivity index (χ1v) is 41.6. The molecule has 12 aromatic rings. The number of aryl methyl sites for hydroxylation is 6.